The molecule has 0 bridgehead atoms. The molecule has 2 rings (SSSR count). The Hall–Kier alpha value is -1.07. The Morgan fingerprint density at radius 1 is 1.15 bits per heavy atom. The fourth-order valence-corrected chi connectivity index (χ4v) is 3.79. The minimum absolute atomic E-state index is 0.141. The highest BCUT2D eigenvalue weighted by atomic mass is 35.5. The third-order valence-electron chi connectivity index (χ3n) is 3.59. The second-order valence-corrected chi connectivity index (χ2v) is 7.88. The van der Waals surface area contributed by atoms with Crippen LogP contribution in [0.15, 0.2) is 42.5 Å². The maximum atomic E-state index is 12.3. The maximum absolute atomic E-state index is 12.3. The molecule has 2 aromatic carbocycles. The van der Waals surface area contributed by atoms with Gasteiger partial charge in [-0.25, -0.2) is 0 Å². The van der Waals surface area contributed by atoms with E-state index in [1.807, 2.05) is 31.2 Å². The van der Waals surface area contributed by atoms with Gasteiger partial charge in [-0.15, -0.1) is 0 Å². The largest absolute Gasteiger partial charge is 0.479 e. The first kappa shape index (κ1) is 21.2. The van der Waals surface area contributed by atoms with Crippen LogP contribution in [0.3, 0.4) is 0 Å². The third kappa shape index (κ3) is 6.58. The van der Waals surface area contributed by atoms with E-state index in [0.717, 1.165) is 17.1 Å². The van der Waals surface area contributed by atoms with Crippen molar-refractivity contribution in [3.8, 4) is 5.75 Å². The van der Waals surface area contributed by atoms with Gasteiger partial charge < -0.3 is 10.1 Å². The number of amides is 1. The molecule has 26 heavy (non-hydrogen) atoms. The van der Waals surface area contributed by atoms with E-state index in [1.54, 1.807) is 30.0 Å². The summed E-state index contributed by atoms with van der Waals surface area (Å²) in [5.41, 5.74) is 1.03. The molecule has 1 N–H and O–H groups in total. The van der Waals surface area contributed by atoms with Crippen molar-refractivity contribution in [2.75, 3.05) is 12.3 Å². The van der Waals surface area contributed by atoms with Crippen LogP contribution in [0.2, 0.25) is 15.1 Å². The van der Waals surface area contributed by atoms with Gasteiger partial charge in [0.15, 0.2) is 6.10 Å². The second kappa shape index (κ2) is 10.9. The van der Waals surface area contributed by atoms with E-state index < -0.39 is 6.10 Å². The van der Waals surface area contributed by atoms with Gasteiger partial charge in [-0.2, -0.15) is 11.8 Å². The molecular weight excluding hydrogens is 413 g/mol. The lowest BCUT2D eigenvalue weighted by Crippen LogP contribution is -2.39. The SMILES string of the molecule is CCC(Oc1ccccc1Cl)C(=O)NCCSCc1ccc(Cl)cc1Cl. The second-order valence-electron chi connectivity index (χ2n) is 5.52. The van der Waals surface area contributed by atoms with E-state index in [-0.39, 0.29) is 5.91 Å². The molecule has 0 aliphatic heterocycles. The summed E-state index contributed by atoms with van der Waals surface area (Å²) in [5.74, 6) is 1.91. The normalized spacial score (nSPS) is 11.8. The monoisotopic (exact) mass is 431 g/mol. The van der Waals surface area contributed by atoms with E-state index in [0.29, 0.717) is 33.8 Å². The molecule has 3 nitrogen and oxygen atoms in total. The standard InChI is InChI=1S/C19H20Cl3NO2S/c1-2-17(25-18-6-4-3-5-15(18)21)19(24)23-9-10-26-12-13-7-8-14(20)11-16(13)22/h3-8,11,17H,2,9-10,12H2,1H3,(H,23,24). The Labute approximate surface area is 173 Å². The van der Waals surface area contributed by atoms with Crippen molar-refractivity contribution < 1.29 is 9.53 Å². The van der Waals surface area contributed by atoms with Crippen molar-refractivity contribution >= 4 is 52.5 Å². The van der Waals surface area contributed by atoms with Crippen molar-refractivity contribution in [3.05, 3.63) is 63.1 Å². The smallest absolute Gasteiger partial charge is 0.261 e. The van der Waals surface area contributed by atoms with Gasteiger partial charge in [0.05, 0.1) is 5.02 Å². The van der Waals surface area contributed by atoms with Gasteiger partial charge in [0, 0.05) is 28.1 Å². The fraction of sp³-hybridized carbons (Fsp3) is 0.316. The molecule has 7 heteroatoms. The molecule has 0 aromatic heterocycles. The first-order chi connectivity index (χ1) is 12.5. The lowest BCUT2D eigenvalue weighted by molar-refractivity contribution is -0.127. The average Bonchev–Trinajstić information content (AvgIpc) is 2.62. The molecule has 0 radical (unpaired) electrons. The fourth-order valence-electron chi connectivity index (χ4n) is 2.20. The molecule has 0 aliphatic carbocycles. The van der Waals surface area contributed by atoms with Crippen LogP contribution in [0.1, 0.15) is 18.9 Å². The lowest BCUT2D eigenvalue weighted by atomic mass is 10.2. The molecule has 0 heterocycles. The Balaban J connectivity index is 1.74. The molecule has 0 aliphatic rings. The average molecular weight is 433 g/mol. The number of halogens is 3. The summed E-state index contributed by atoms with van der Waals surface area (Å²) < 4.78 is 5.73. The lowest BCUT2D eigenvalue weighted by Gasteiger charge is -2.18. The van der Waals surface area contributed by atoms with Gasteiger partial charge in [0.1, 0.15) is 5.75 Å². The van der Waals surface area contributed by atoms with E-state index in [2.05, 4.69) is 5.32 Å². The summed E-state index contributed by atoms with van der Waals surface area (Å²) in [6.07, 6.45) is -0.00415. The molecule has 0 fully saturated rings. The van der Waals surface area contributed by atoms with E-state index >= 15 is 0 Å². The zero-order chi connectivity index (χ0) is 18.9. The van der Waals surface area contributed by atoms with Crippen LogP contribution in [0.5, 0.6) is 5.75 Å². The maximum Gasteiger partial charge on any atom is 0.261 e. The Kier molecular flexibility index (Phi) is 8.93. The van der Waals surface area contributed by atoms with Gasteiger partial charge in [0.2, 0.25) is 0 Å². The van der Waals surface area contributed by atoms with Crippen LogP contribution in [-0.4, -0.2) is 24.3 Å². The van der Waals surface area contributed by atoms with E-state index in [9.17, 15) is 4.79 Å². The summed E-state index contributed by atoms with van der Waals surface area (Å²) >= 11 is 19.8. The number of para-hydroxylation sites is 1. The number of ether oxygens (including phenoxy) is 1. The molecule has 0 saturated carbocycles. The number of benzene rings is 2. The summed E-state index contributed by atoms with van der Waals surface area (Å²) in [6.45, 7) is 2.45. The zero-order valence-corrected chi connectivity index (χ0v) is 17.4. The topological polar surface area (TPSA) is 38.3 Å². The minimum Gasteiger partial charge on any atom is -0.479 e. The van der Waals surface area contributed by atoms with Crippen molar-refractivity contribution in [2.45, 2.75) is 25.2 Å². The summed E-state index contributed by atoms with van der Waals surface area (Å²) in [7, 11) is 0. The van der Waals surface area contributed by atoms with Crippen molar-refractivity contribution in [3.63, 3.8) is 0 Å². The van der Waals surface area contributed by atoms with Crippen LogP contribution in [0, 0.1) is 0 Å². The van der Waals surface area contributed by atoms with Gasteiger partial charge in [0.25, 0.3) is 5.91 Å². The first-order valence-electron chi connectivity index (χ1n) is 8.21. The van der Waals surface area contributed by atoms with Gasteiger partial charge in [-0.05, 0) is 36.2 Å². The van der Waals surface area contributed by atoms with Crippen LogP contribution in [-0.2, 0) is 10.5 Å². The number of thioether (sulfide) groups is 1. The zero-order valence-electron chi connectivity index (χ0n) is 14.3. The number of hydrogen-bond acceptors (Lipinski definition) is 3. The highest BCUT2D eigenvalue weighted by Crippen LogP contribution is 2.25. The summed E-state index contributed by atoms with van der Waals surface area (Å²) in [5, 5.41) is 4.68. The predicted molar refractivity (Wildman–Crippen MR) is 112 cm³/mol. The van der Waals surface area contributed by atoms with Gasteiger partial charge in [-0.1, -0.05) is 59.9 Å². The molecule has 0 spiro atoms. The molecule has 1 unspecified atom stereocenters. The Bertz CT molecular complexity index is 742. The number of rotatable bonds is 9. The van der Waals surface area contributed by atoms with E-state index in [4.69, 9.17) is 39.5 Å². The minimum atomic E-state index is -0.564. The van der Waals surface area contributed by atoms with Gasteiger partial charge >= 0.3 is 0 Å². The number of hydrogen-bond donors (Lipinski definition) is 1. The Morgan fingerprint density at radius 3 is 2.62 bits per heavy atom. The van der Waals surface area contributed by atoms with Crippen molar-refractivity contribution in [1.82, 2.24) is 5.32 Å². The summed E-state index contributed by atoms with van der Waals surface area (Å²) in [6, 6.07) is 12.6. The van der Waals surface area contributed by atoms with Crippen molar-refractivity contribution in [1.29, 1.82) is 0 Å². The number of carbonyl (C=O) groups excluding carboxylic acids is 1. The van der Waals surface area contributed by atoms with Gasteiger partial charge in [-0.3, -0.25) is 4.79 Å². The first-order valence-corrected chi connectivity index (χ1v) is 10.5. The molecule has 0 saturated heterocycles. The van der Waals surface area contributed by atoms with Crippen LogP contribution < -0.4 is 10.1 Å². The number of carbonyl (C=O) groups is 1. The predicted octanol–water partition coefficient (Wildman–Crippen LogP) is 5.85. The molecule has 1 amide bonds. The molecule has 1 atom stereocenters. The Morgan fingerprint density at radius 2 is 1.92 bits per heavy atom. The quantitative estimate of drug-likeness (QED) is 0.505. The van der Waals surface area contributed by atoms with E-state index in [1.165, 1.54) is 0 Å². The molecule has 2 aromatic rings. The molecule has 140 valence electrons. The van der Waals surface area contributed by atoms with Crippen LogP contribution in [0.25, 0.3) is 0 Å². The highest BCUT2D eigenvalue weighted by molar-refractivity contribution is 7.98. The van der Waals surface area contributed by atoms with Crippen molar-refractivity contribution in [2.24, 2.45) is 0 Å². The van der Waals surface area contributed by atoms with Crippen LogP contribution in [0.4, 0.5) is 0 Å². The third-order valence-corrected chi connectivity index (χ3v) is 5.49. The number of nitrogens with one attached hydrogen (secondary N) is 1. The summed E-state index contributed by atoms with van der Waals surface area (Å²) in [4.78, 5) is 12.3. The van der Waals surface area contributed by atoms with Crippen LogP contribution >= 0.6 is 46.6 Å². The molecular formula is C19H20Cl3NO2S. The highest BCUT2D eigenvalue weighted by Gasteiger charge is 2.18.